The number of aromatic nitrogens is 7. The van der Waals surface area contributed by atoms with Crippen molar-refractivity contribution in [3.63, 3.8) is 0 Å². The van der Waals surface area contributed by atoms with Gasteiger partial charge in [-0.15, -0.1) is 56.7 Å². The van der Waals surface area contributed by atoms with Crippen LogP contribution in [0.15, 0.2) is 56.9 Å². The minimum absolute atomic E-state index is 0.00682. The first-order valence-electron chi connectivity index (χ1n) is 31.8. The van der Waals surface area contributed by atoms with E-state index >= 15 is 19.2 Å². The van der Waals surface area contributed by atoms with Gasteiger partial charge in [0, 0.05) is 62.9 Å². The zero-order valence-electron chi connectivity index (χ0n) is 56.4. The van der Waals surface area contributed by atoms with Gasteiger partial charge in [-0.1, -0.05) is 12.1 Å². The van der Waals surface area contributed by atoms with E-state index in [1.54, 1.807) is 68.4 Å². The molecular formula is C65H69N15O18S5. The number of pyridine rings is 1. The quantitative estimate of drug-likeness (QED) is 0.0447. The number of esters is 2. The molecule has 7 aromatic heterocycles. The zero-order valence-corrected chi connectivity index (χ0v) is 60.5. The molecule has 4 aliphatic heterocycles. The highest BCUT2D eigenvalue weighted by Gasteiger charge is 2.50. The van der Waals surface area contributed by atoms with E-state index in [0.717, 1.165) is 56.7 Å². The highest BCUT2D eigenvalue weighted by molar-refractivity contribution is 7.14. The van der Waals surface area contributed by atoms with E-state index in [4.69, 9.17) is 53.1 Å². The number of fused-ring (bicyclic) bond motifs is 15. The molecule has 0 aliphatic carbocycles. The van der Waals surface area contributed by atoms with Crippen molar-refractivity contribution in [2.24, 2.45) is 0 Å². The van der Waals surface area contributed by atoms with Gasteiger partial charge in [0.05, 0.1) is 62.9 Å². The second-order valence-electron chi connectivity index (χ2n) is 24.9. The first-order valence-corrected chi connectivity index (χ1v) is 36.2. The Bertz CT molecular complexity index is 4690. The van der Waals surface area contributed by atoms with E-state index < -0.39 is 134 Å². The number of rotatable bonds is 13. The summed E-state index contributed by atoms with van der Waals surface area (Å²) in [4.78, 5) is 135. The van der Waals surface area contributed by atoms with Gasteiger partial charge in [-0.3, -0.25) is 24.0 Å². The Labute approximate surface area is 606 Å². The number of amides is 5. The maximum atomic E-state index is 15.2. The van der Waals surface area contributed by atoms with Crippen LogP contribution in [0.1, 0.15) is 125 Å². The molecule has 12 bridgehead atoms. The van der Waals surface area contributed by atoms with E-state index in [9.17, 15) is 40.2 Å². The second-order valence-corrected chi connectivity index (χ2v) is 29.2. The van der Waals surface area contributed by atoms with E-state index in [2.05, 4.69) is 42.6 Å². The molecule has 4 aliphatic rings. The number of allylic oxidation sites excluding steroid dienone is 1. The number of thiazole rings is 5. The monoisotopic (exact) mass is 1510 g/mol. The van der Waals surface area contributed by atoms with Crippen molar-refractivity contribution < 1.29 is 87.2 Å². The van der Waals surface area contributed by atoms with Crippen LogP contribution in [0.5, 0.6) is 5.75 Å². The van der Waals surface area contributed by atoms with Crippen LogP contribution in [-0.4, -0.2) is 223 Å². The van der Waals surface area contributed by atoms with E-state index in [1.165, 1.54) is 55.7 Å². The summed E-state index contributed by atoms with van der Waals surface area (Å²) >= 11 is 4.74. The number of nitriles is 1. The van der Waals surface area contributed by atoms with Crippen molar-refractivity contribution in [3.8, 4) is 44.5 Å². The molecule has 9 N–H and O–H groups in total. The highest BCUT2D eigenvalue weighted by atomic mass is 32.1. The molecule has 8 aromatic rings. The Morgan fingerprint density at radius 1 is 0.864 bits per heavy atom. The molecule has 5 amide bonds. The fourth-order valence-corrected chi connectivity index (χ4v) is 16.7. The highest BCUT2D eigenvalue weighted by Crippen LogP contribution is 2.43. The fourth-order valence-electron chi connectivity index (χ4n) is 12.5. The maximum Gasteiger partial charge on any atom is 0.358 e. The van der Waals surface area contributed by atoms with Crippen molar-refractivity contribution >= 4 is 115 Å². The standard InChI is InChI=1S/C65H69N15O18S5/c1-27(82)44-57(87)76-45(28(2)92-8)60-71-39(26-101-60)56(86)77-48-50-51(98-42-16-65(4,90)52(78(5)6)29(3)97-42)64(89)95-19-30-11-10-12-40-43(30)33(20-94-50)49(80(40)91)63(88)96-21-34(68-54(84)37-25-103-62(48)73-37)59-69-35(22-100-59)46-32(58-70-38(23-99-58)55(85)75-44)15-41(93-9)47(74-46)61-72-36(24-102-61)53(83)67-31(17-66)18-79(7)13-14-81/h10-12,15,22-27,29,31,34,42,44,48,50-52,81-82,90-91H,13-14,16,18-21H2,1-9H3,(H,67,83)(H,68,84)(H,75,85)(H,76,87)(H,77,86)/b45-28+. The number of hydrogen-bond acceptors (Lipinski definition) is 32. The van der Waals surface area contributed by atoms with Crippen LogP contribution < -0.4 is 31.3 Å². The Hall–Kier alpha value is -9.34. The molecule has 1 saturated heterocycles. The lowest BCUT2D eigenvalue weighted by Crippen LogP contribution is -2.62. The smallest absolute Gasteiger partial charge is 0.358 e. The third-order valence-electron chi connectivity index (χ3n) is 17.4. The molecule has 542 valence electrons. The first-order chi connectivity index (χ1) is 49.3. The molecule has 12 rings (SSSR count). The van der Waals surface area contributed by atoms with Crippen LogP contribution in [0, 0.1) is 11.3 Å². The van der Waals surface area contributed by atoms with E-state index in [-0.39, 0.29) is 130 Å². The summed E-state index contributed by atoms with van der Waals surface area (Å²) < 4.78 is 44.3. The SMILES string of the molecule is CO/C(C)=C1/NC(=O)C(C(C)O)NC(=O)c2csc(n2)-c2cc(OC)c(-c3nc(C(=O)NC(C#N)CN(C)CCO)cs3)nc2-c2csc(n2)C2COC(=O)c3c4c5c(cccc5n3O)COC(=O)C(OC3CC(C)(O)C(N(C)C)C(C)O3)C(OC4)C(NC(=O)c3csc1n3)c1nc(cs1)C(=O)N2. The van der Waals surface area contributed by atoms with Gasteiger partial charge < -0.3 is 90.1 Å². The lowest BCUT2D eigenvalue weighted by molar-refractivity contribution is -0.280. The second kappa shape index (κ2) is 30.5. The normalized spacial score (nSPS) is 23.8. The lowest BCUT2D eigenvalue weighted by Gasteiger charge is -2.48. The molecule has 103 heavy (non-hydrogen) atoms. The number of methoxy groups -OCH3 is 2. The van der Waals surface area contributed by atoms with Gasteiger partial charge in [0.1, 0.15) is 126 Å². The number of ether oxygens (including phenoxy) is 7. The number of carbonyl (C=O) groups is 7. The molecule has 0 saturated carbocycles. The third-order valence-corrected chi connectivity index (χ3v) is 21.9. The molecule has 11 unspecified atom stereocenters. The molecule has 11 atom stereocenters. The predicted molar refractivity (Wildman–Crippen MR) is 371 cm³/mol. The molecule has 33 nitrogen and oxygen atoms in total. The number of hydrogen-bond donors (Lipinski definition) is 9. The summed E-state index contributed by atoms with van der Waals surface area (Å²) in [6.07, 6.45) is -7.52. The summed E-state index contributed by atoms with van der Waals surface area (Å²) in [7, 11) is 7.91. The van der Waals surface area contributed by atoms with Crippen LogP contribution in [-0.2, 0) is 51.2 Å². The Morgan fingerprint density at radius 2 is 1.54 bits per heavy atom. The summed E-state index contributed by atoms with van der Waals surface area (Å²) in [5.74, 6) is -6.37. The summed E-state index contributed by atoms with van der Waals surface area (Å²) in [6.45, 7) is 4.50. The van der Waals surface area contributed by atoms with Crippen LogP contribution in [0.3, 0.4) is 0 Å². The summed E-state index contributed by atoms with van der Waals surface area (Å²) in [5.41, 5.74) is -1.98. The van der Waals surface area contributed by atoms with Crippen molar-refractivity contribution in [3.05, 3.63) is 112 Å². The molecule has 0 spiro atoms. The average molecular weight is 1510 g/mol. The summed E-state index contributed by atoms with van der Waals surface area (Å²) in [5, 5.41) is 76.3. The largest absolute Gasteiger partial charge is 0.499 e. The number of likely N-dealkylation sites (N-methyl/N-ethyl adjacent to an activating group) is 2. The number of aliphatic hydroxyl groups is 3. The molecule has 1 aromatic carbocycles. The van der Waals surface area contributed by atoms with Gasteiger partial charge in [0.25, 0.3) is 23.6 Å². The van der Waals surface area contributed by atoms with Crippen LogP contribution in [0.2, 0.25) is 0 Å². The Balaban J connectivity index is 1.03. The third kappa shape index (κ3) is 15.1. The Kier molecular flexibility index (Phi) is 21.8. The number of aliphatic hydroxyl groups excluding tert-OH is 2. The number of cyclic esters (lactones) is 2. The summed E-state index contributed by atoms with van der Waals surface area (Å²) in [6, 6.07) is 2.09. The number of nitrogens with zero attached hydrogens (tertiary/aromatic N) is 10. The molecule has 1 fully saturated rings. The van der Waals surface area contributed by atoms with Crippen LogP contribution in [0.4, 0.5) is 0 Å². The van der Waals surface area contributed by atoms with Gasteiger partial charge in [0.15, 0.2) is 18.1 Å². The van der Waals surface area contributed by atoms with Crippen molar-refractivity contribution in [2.75, 3.05) is 61.7 Å². The minimum Gasteiger partial charge on any atom is -0.499 e. The van der Waals surface area contributed by atoms with E-state index in [1.807, 2.05) is 0 Å². The van der Waals surface area contributed by atoms with Gasteiger partial charge in [-0.25, -0.2) is 39.5 Å². The van der Waals surface area contributed by atoms with Crippen molar-refractivity contribution in [2.45, 2.75) is 114 Å². The molecule has 0 radical (unpaired) electrons. The van der Waals surface area contributed by atoms with Crippen molar-refractivity contribution in [1.29, 1.82) is 5.26 Å². The Morgan fingerprint density at radius 3 is 2.25 bits per heavy atom. The molecular weight excluding hydrogens is 1440 g/mol. The maximum absolute atomic E-state index is 15.2. The first kappa shape index (κ1) is 73.4. The van der Waals surface area contributed by atoms with Gasteiger partial charge in [0.2, 0.25) is 5.91 Å². The van der Waals surface area contributed by atoms with Gasteiger partial charge in [-0.2, -0.15) is 9.99 Å². The van der Waals surface area contributed by atoms with Gasteiger partial charge in [-0.05, 0) is 66.5 Å². The average Bonchev–Trinajstić information content (AvgIpc) is 1.45. The lowest BCUT2D eigenvalue weighted by atomic mass is 9.85. The predicted octanol–water partition coefficient (Wildman–Crippen LogP) is 4.01. The minimum atomic E-state index is -1.91. The number of nitrogens with one attached hydrogen (secondary N) is 5. The van der Waals surface area contributed by atoms with Crippen LogP contribution in [0.25, 0.3) is 49.3 Å². The van der Waals surface area contributed by atoms with E-state index in [0.29, 0.717) is 10.3 Å². The number of carbonyl (C=O) groups excluding carboxylic acids is 7. The van der Waals surface area contributed by atoms with Crippen LogP contribution >= 0.6 is 56.7 Å². The topological polar surface area (TPSA) is 438 Å². The van der Waals surface area contributed by atoms with Gasteiger partial charge >= 0.3 is 11.9 Å². The number of benzene rings is 1. The van der Waals surface area contributed by atoms with Crippen molar-refractivity contribution in [1.82, 2.24) is 71.0 Å². The zero-order chi connectivity index (χ0) is 73.5. The fraction of sp³-hybridized carbons (Fsp3) is 0.415. The molecule has 38 heteroatoms. The molecule has 11 heterocycles.